The van der Waals surface area contributed by atoms with Gasteiger partial charge >= 0.3 is 0 Å². The van der Waals surface area contributed by atoms with Crippen LogP contribution in [0.1, 0.15) is 37.1 Å². The van der Waals surface area contributed by atoms with Crippen LogP contribution in [0.3, 0.4) is 0 Å². The van der Waals surface area contributed by atoms with Crippen molar-refractivity contribution in [3.63, 3.8) is 0 Å². The van der Waals surface area contributed by atoms with E-state index in [2.05, 4.69) is 33.7 Å². The Hall–Kier alpha value is -3.48. The molecule has 1 fully saturated rings. The number of aryl methyl sites for hydroxylation is 2. The van der Waals surface area contributed by atoms with Crippen molar-refractivity contribution in [2.75, 3.05) is 37.0 Å². The zero-order valence-corrected chi connectivity index (χ0v) is 19.7. The Balaban J connectivity index is 1.43. The third kappa shape index (κ3) is 4.00. The van der Waals surface area contributed by atoms with Crippen molar-refractivity contribution in [2.24, 2.45) is 5.41 Å². The molecule has 1 unspecified atom stereocenters. The highest BCUT2D eigenvalue weighted by Gasteiger charge is 2.36. The molecule has 3 N–H and O–H groups in total. The number of aliphatic hydroxyl groups excluding tert-OH is 1. The molecule has 4 heterocycles. The standard InChI is InChI=1S/C25H29N7O2/c1-16-8-21(32(31-16)7-5-24(2)14-34-15-24)30-23-27-6-4-20(29-23)17-9-18(11-26)22-19(10-17)25(3,13-33)12-28-22/h4,6,8-10,28,33H,5,7,12-15H2,1-3H3,(H,27,29,30). The molecule has 0 radical (unpaired) electrons. The van der Waals surface area contributed by atoms with E-state index >= 15 is 0 Å². The molecule has 1 saturated heterocycles. The SMILES string of the molecule is Cc1cc(Nc2nccc(-c3cc(C#N)c4c(c3)C(C)(CO)CN4)n2)n(CCC2(C)COC2)n1. The van der Waals surface area contributed by atoms with Crippen LogP contribution in [-0.4, -0.2) is 51.2 Å². The first-order valence-corrected chi connectivity index (χ1v) is 11.5. The fraction of sp³-hybridized carbons (Fsp3) is 0.440. The van der Waals surface area contributed by atoms with E-state index in [0.29, 0.717) is 23.8 Å². The van der Waals surface area contributed by atoms with Crippen molar-refractivity contribution in [2.45, 2.75) is 39.2 Å². The second-order valence-electron chi connectivity index (χ2n) is 9.97. The molecule has 2 aliphatic heterocycles. The van der Waals surface area contributed by atoms with Gasteiger partial charge in [-0.3, -0.25) is 0 Å². The first kappa shape index (κ1) is 22.3. The maximum absolute atomic E-state index is 9.97. The number of anilines is 3. The molecule has 5 rings (SSSR count). The lowest BCUT2D eigenvalue weighted by molar-refractivity contribution is -0.107. The highest BCUT2D eigenvalue weighted by Crippen LogP contribution is 2.41. The van der Waals surface area contributed by atoms with Gasteiger partial charge in [0.1, 0.15) is 11.9 Å². The maximum atomic E-state index is 9.97. The minimum atomic E-state index is -0.447. The quantitative estimate of drug-likeness (QED) is 0.492. The van der Waals surface area contributed by atoms with E-state index < -0.39 is 5.41 Å². The van der Waals surface area contributed by atoms with E-state index in [0.717, 1.165) is 54.5 Å². The van der Waals surface area contributed by atoms with Crippen LogP contribution in [0.2, 0.25) is 0 Å². The average Bonchev–Trinajstić information content (AvgIpc) is 3.35. The molecule has 0 bridgehead atoms. The highest BCUT2D eigenvalue weighted by molar-refractivity contribution is 5.76. The van der Waals surface area contributed by atoms with Crippen LogP contribution in [0, 0.1) is 23.7 Å². The van der Waals surface area contributed by atoms with Gasteiger partial charge in [-0.2, -0.15) is 10.4 Å². The zero-order chi connectivity index (χ0) is 23.9. The normalized spacial score (nSPS) is 20.2. The van der Waals surface area contributed by atoms with Gasteiger partial charge in [-0.05, 0) is 37.1 Å². The van der Waals surface area contributed by atoms with Gasteiger partial charge in [0.15, 0.2) is 0 Å². The molecular weight excluding hydrogens is 430 g/mol. The smallest absolute Gasteiger partial charge is 0.228 e. The summed E-state index contributed by atoms with van der Waals surface area (Å²) < 4.78 is 7.33. The Bertz CT molecular complexity index is 1270. The van der Waals surface area contributed by atoms with Gasteiger partial charge in [-0.15, -0.1) is 0 Å². The van der Waals surface area contributed by atoms with Crippen molar-refractivity contribution in [1.82, 2.24) is 19.7 Å². The van der Waals surface area contributed by atoms with Gasteiger partial charge in [0.25, 0.3) is 0 Å². The number of fused-ring (bicyclic) bond motifs is 1. The van der Waals surface area contributed by atoms with Crippen LogP contribution < -0.4 is 10.6 Å². The molecule has 0 amide bonds. The van der Waals surface area contributed by atoms with E-state index in [4.69, 9.17) is 9.72 Å². The molecule has 2 aromatic heterocycles. The number of aromatic nitrogens is 4. The molecule has 0 saturated carbocycles. The van der Waals surface area contributed by atoms with Gasteiger partial charge < -0.3 is 20.5 Å². The molecule has 176 valence electrons. The number of benzene rings is 1. The number of nitrogens with one attached hydrogen (secondary N) is 2. The molecular formula is C25H29N7O2. The summed E-state index contributed by atoms with van der Waals surface area (Å²) in [5.41, 5.74) is 4.45. The number of nitriles is 1. The number of aliphatic hydroxyl groups is 1. The molecule has 9 heteroatoms. The van der Waals surface area contributed by atoms with Crippen LogP contribution in [0.25, 0.3) is 11.3 Å². The Morgan fingerprint density at radius 1 is 1.29 bits per heavy atom. The minimum absolute atomic E-state index is 0.00753. The number of hydrogen-bond donors (Lipinski definition) is 3. The van der Waals surface area contributed by atoms with E-state index in [1.165, 1.54) is 0 Å². The molecule has 3 aromatic rings. The first-order chi connectivity index (χ1) is 16.3. The Kier molecular flexibility index (Phi) is 5.50. The van der Waals surface area contributed by atoms with E-state index in [9.17, 15) is 10.4 Å². The summed E-state index contributed by atoms with van der Waals surface area (Å²) in [6.45, 7) is 9.12. The fourth-order valence-electron chi connectivity index (χ4n) is 4.55. The monoisotopic (exact) mass is 459 g/mol. The molecule has 2 aliphatic rings. The van der Waals surface area contributed by atoms with Crippen LogP contribution in [0.4, 0.5) is 17.5 Å². The molecule has 34 heavy (non-hydrogen) atoms. The number of nitrogens with zero attached hydrogens (tertiary/aromatic N) is 5. The summed E-state index contributed by atoms with van der Waals surface area (Å²) in [4.78, 5) is 9.13. The van der Waals surface area contributed by atoms with E-state index in [1.807, 2.05) is 42.8 Å². The predicted octanol–water partition coefficient (Wildman–Crippen LogP) is 3.37. The third-order valence-electron chi connectivity index (χ3n) is 6.83. The Labute approximate surface area is 198 Å². The predicted molar refractivity (Wildman–Crippen MR) is 129 cm³/mol. The zero-order valence-electron chi connectivity index (χ0n) is 19.7. The third-order valence-corrected chi connectivity index (χ3v) is 6.83. The molecule has 1 aromatic carbocycles. The van der Waals surface area contributed by atoms with Crippen molar-refractivity contribution in [3.8, 4) is 17.3 Å². The Morgan fingerprint density at radius 2 is 2.12 bits per heavy atom. The van der Waals surface area contributed by atoms with Gasteiger partial charge in [-0.25, -0.2) is 14.6 Å². The number of hydrogen-bond acceptors (Lipinski definition) is 8. The largest absolute Gasteiger partial charge is 0.395 e. The fourth-order valence-corrected chi connectivity index (χ4v) is 4.55. The van der Waals surface area contributed by atoms with Gasteiger partial charge in [0.2, 0.25) is 5.95 Å². The van der Waals surface area contributed by atoms with E-state index in [-0.39, 0.29) is 12.0 Å². The van der Waals surface area contributed by atoms with Crippen LogP contribution in [0.15, 0.2) is 30.5 Å². The molecule has 0 aliphatic carbocycles. The summed E-state index contributed by atoms with van der Waals surface area (Å²) in [5.74, 6) is 1.29. The second kappa shape index (κ2) is 8.38. The first-order valence-electron chi connectivity index (χ1n) is 11.5. The topological polar surface area (TPSA) is 121 Å². The summed E-state index contributed by atoms with van der Waals surface area (Å²) in [6.07, 6.45) is 2.68. The summed E-state index contributed by atoms with van der Waals surface area (Å²) in [7, 11) is 0. The summed E-state index contributed by atoms with van der Waals surface area (Å²) in [6, 6.07) is 9.92. The molecule has 0 spiro atoms. The van der Waals surface area contributed by atoms with E-state index in [1.54, 1.807) is 6.20 Å². The van der Waals surface area contributed by atoms with Gasteiger partial charge in [-0.1, -0.05) is 13.8 Å². The molecule has 9 nitrogen and oxygen atoms in total. The lowest BCUT2D eigenvalue weighted by atomic mass is 9.83. The summed E-state index contributed by atoms with van der Waals surface area (Å²) in [5, 5.41) is 30.9. The van der Waals surface area contributed by atoms with Crippen molar-refractivity contribution < 1.29 is 9.84 Å². The van der Waals surface area contributed by atoms with Gasteiger partial charge in [0.05, 0.1) is 42.5 Å². The average molecular weight is 460 g/mol. The minimum Gasteiger partial charge on any atom is -0.395 e. The molecule has 1 atom stereocenters. The highest BCUT2D eigenvalue weighted by atomic mass is 16.5. The van der Waals surface area contributed by atoms with Crippen LogP contribution in [0.5, 0.6) is 0 Å². The number of rotatable bonds is 7. The van der Waals surface area contributed by atoms with Crippen LogP contribution >= 0.6 is 0 Å². The van der Waals surface area contributed by atoms with Crippen molar-refractivity contribution in [1.29, 1.82) is 5.26 Å². The summed E-state index contributed by atoms with van der Waals surface area (Å²) >= 11 is 0. The van der Waals surface area contributed by atoms with Crippen molar-refractivity contribution >= 4 is 17.5 Å². The van der Waals surface area contributed by atoms with Crippen molar-refractivity contribution in [3.05, 3.63) is 47.3 Å². The van der Waals surface area contributed by atoms with Crippen LogP contribution in [-0.2, 0) is 16.7 Å². The lowest BCUT2D eigenvalue weighted by Gasteiger charge is -2.38. The second-order valence-corrected chi connectivity index (χ2v) is 9.97. The maximum Gasteiger partial charge on any atom is 0.228 e. The Morgan fingerprint density at radius 3 is 2.82 bits per heavy atom. The number of ether oxygens (including phenoxy) is 1. The lowest BCUT2D eigenvalue weighted by Crippen LogP contribution is -2.40. The van der Waals surface area contributed by atoms with Gasteiger partial charge in [0, 0.05) is 41.7 Å².